The Morgan fingerprint density at radius 1 is 1.38 bits per heavy atom. The van der Waals surface area contributed by atoms with Crippen molar-refractivity contribution in [1.29, 1.82) is 0 Å². The molecule has 0 unspecified atom stereocenters. The molecule has 3 rings (SSSR count). The van der Waals surface area contributed by atoms with E-state index < -0.39 is 0 Å². The normalized spacial score (nSPS) is 14.8. The third-order valence-electron chi connectivity index (χ3n) is 3.91. The molecule has 4 nitrogen and oxygen atoms in total. The van der Waals surface area contributed by atoms with E-state index in [9.17, 15) is 9.18 Å². The van der Waals surface area contributed by atoms with Crippen LogP contribution in [-0.4, -0.2) is 10.9 Å². The summed E-state index contributed by atoms with van der Waals surface area (Å²) in [6.07, 6.45) is 3.30. The molecule has 1 fully saturated rings. The predicted octanol–water partition coefficient (Wildman–Crippen LogP) is 3.95. The van der Waals surface area contributed by atoms with Crippen molar-refractivity contribution in [3.8, 4) is 0 Å². The highest BCUT2D eigenvalue weighted by Crippen LogP contribution is 2.36. The Kier molecular flexibility index (Phi) is 3.49. The van der Waals surface area contributed by atoms with Crippen LogP contribution in [0.3, 0.4) is 0 Å². The van der Waals surface area contributed by atoms with E-state index in [-0.39, 0.29) is 17.4 Å². The second-order valence-electron chi connectivity index (χ2n) is 5.50. The van der Waals surface area contributed by atoms with E-state index in [4.69, 9.17) is 4.42 Å². The van der Waals surface area contributed by atoms with Crippen molar-refractivity contribution in [3.05, 3.63) is 46.9 Å². The lowest BCUT2D eigenvalue weighted by molar-refractivity contribution is 0.102. The second kappa shape index (κ2) is 5.31. The zero-order valence-corrected chi connectivity index (χ0v) is 12.1. The molecule has 1 aliphatic rings. The first kappa shape index (κ1) is 13.8. The van der Waals surface area contributed by atoms with Crippen molar-refractivity contribution >= 4 is 11.6 Å². The number of nitrogens with one attached hydrogen (secondary N) is 1. The molecule has 5 heteroatoms. The summed E-state index contributed by atoms with van der Waals surface area (Å²) in [5.41, 5.74) is 1.23. The van der Waals surface area contributed by atoms with Gasteiger partial charge >= 0.3 is 0 Å². The van der Waals surface area contributed by atoms with Gasteiger partial charge in [-0.1, -0.05) is 12.5 Å². The van der Waals surface area contributed by atoms with Gasteiger partial charge in [0.25, 0.3) is 5.91 Å². The van der Waals surface area contributed by atoms with Crippen LogP contribution in [-0.2, 0) is 0 Å². The molecule has 1 aliphatic carbocycles. The number of halogens is 1. The number of hydrogen-bond donors (Lipinski definition) is 1. The number of rotatable bonds is 3. The van der Waals surface area contributed by atoms with Crippen LogP contribution in [0.5, 0.6) is 0 Å². The number of carbonyl (C=O) groups excluding carboxylic acids is 1. The maximum absolute atomic E-state index is 13.5. The second-order valence-corrected chi connectivity index (χ2v) is 5.50. The van der Waals surface area contributed by atoms with Gasteiger partial charge in [-0.05, 0) is 44.4 Å². The molecule has 0 aliphatic heterocycles. The molecule has 0 radical (unpaired) electrons. The summed E-state index contributed by atoms with van der Waals surface area (Å²) in [7, 11) is 0. The lowest BCUT2D eigenvalue weighted by Gasteiger charge is -2.21. The van der Waals surface area contributed by atoms with Crippen LogP contribution >= 0.6 is 0 Å². The van der Waals surface area contributed by atoms with Crippen LogP contribution < -0.4 is 5.32 Å². The molecule has 0 bridgehead atoms. The Hall–Kier alpha value is -2.17. The first-order valence-electron chi connectivity index (χ1n) is 7.09. The maximum atomic E-state index is 13.5. The predicted molar refractivity (Wildman–Crippen MR) is 76.9 cm³/mol. The van der Waals surface area contributed by atoms with Gasteiger partial charge in [0, 0.05) is 11.6 Å². The fraction of sp³-hybridized carbons (Fsp3) is 0.375. The smallest absolute Gasteiger partial charge is 0.277 e. The molecule has 1 aromatic heterocycles. The highest BCUT2D eigenvalue weighted by molar-refractivity contribution is 6.03. The number of anilines is 1. The maximum Gasteiger partial charge on any atom is 0.277 e. The summed E-state index contributed by atoms with van der Waals surface area (Å²) in [4.78, 5) is 16.5. The molecule has 0 atom stereocenters. The van der Waals surface area contributed by atoms with Crippen LogP contribution in [0.1, 0.15) is 52.9 Å². The lowest BCUT2D eigenvalue weighted by Crippen LogP contribution is -2.15. The summed E-state index contributed by atoms with van der Waals surface area (Å²) in [6.45, 7) is 3.40. The molecule has 0 saturated heterocycles. The number of aromatic nitrogens is 1. The van der Waals surface area contributed by atoms with Gasteiger partial charge in [-0.25, -0.2) is 9.37 Å². The minimum atomic E-state index is -0.370. The molecular weight excluding hydrogens is 271 g/mol. The van der Waals surface area contributed by atoms with Crippen molar-refractivity contribution in [2.24, 2.45) is 0 Å². The van der Waals surface area contributed by atoms with Gasteiger partial charge in [0.15, 0.2) is 11.6 Å². The minimum absolute atomic E-state index is 0.276. The van der Waals surface area contributed by atoms with Gasteiger partial charge in [-0.15, -0.1) is 0 Å². The third-order valence-corrected chi connectivity index (χ3v) is 3.91. The lowest BCUT2D eigenvalue weighted by atomic mass is 9.85. The highest BCUT2D eigenvalue weighted by Gasteiger charge is 2.27. The van der Waals surface area contributed by atoms with Crippen LogP contribution in [0.2, 0.25) is 0 Å². The Balaban J connectivity index is 1.78. The van der Waals surface area contributed by atoms with E-state index in [1.54, 1.807) is 26.0 Å². The van der Waals surface area contributed by atoms with Crippen molar-refractivity contribution < 1.29 is 13.6 Å². The molecule has 0 spiro atoms. The van der Waals surface area contributed by atoms with Gasteiger partial charge < -0.3 is 9.73 Å². The SMILES string of the molecule is Cc1ccc(NC(=O)c2nc(C3CCC3)oc2C)cc1F. The van der Waals surface area contributed by atoms with Crippen LogP contribution in [0.25, 0.3) is 0 Å². The molecule has 21 heavy (non-hydrogen) atoms. The Labute approximate surface area is 122 Å². The molecule has 110 valence electrons. The first-order chi connectivity index (χ1) is 10.0. The van der Waals surface area contributed by atoms with E-state index >= 15 is 0 Å². The monoisotopic (exact) mass is 288 g/mol. The summed E-state index contributed by atoms with van der Waals surface area (Å²) in [5, 5.41) is 2.65. The quantitative estimate of drug-likeness (QED) is 0.930. The zero-order valence-electron chi connectivity index (χ0n) is 12.1. The molecule has 1 N–H and O–H groups in total. The molecular formula is C16H17FN2O2. The fourth-order valence-electron chi connectivity index (χ4n) is 2.32. The topological polar surface area (TPSA) is 55.1 Å². The number of amides is 1. The molecule has 2 aromatic rings. The number of carbonyl (C=O) groups is 1. The standard InChI is InChI=1S/C16H17FN2O2/c1-9-6-7-12(8-13(9)17)18-15(20)14-10(2)21-16(19-14)11-4-3-5-11/h6-8,11H,3-5H2,1-2H3,(H,18,20). The largest absolute Gasteiger partial charge is 0.445 e. The highest BCUT2D eigenvalue weighted by atomic mass is 19.1. The van der Waals surface area contributed by atoms with E-state index in [2.05, 4.69) is 10.3 Å². The summed E-state index contributed by atoms with van der Waals surface area (Å²) in [6, 6.07) is 4.59. The number of nitrogens with zero attached hydrogens (tertiary/aromatic N) is 1. The third kappa shape index (κ3) is 2.68. The molecule has 1 aromatic carbocycles. The molecule has 1 saturated carbocycles. The Bertz CT molecular complexity index is 690. The zero-order chi connectivity index (χ0) is 15.0. The Morgan fingerprint density at radius 2 is 2.14 bits per heavy atom. The van der Waals surface area contributed by atoms with Crippen molar-refractivity contribution in [2.75, 3.05) is 5.32 Å². The van der Waals surface area contributed by atoms with E-state index in [1.165, 1.54) is 12.5 Å². The van der Waals surface area contributed by atoms with Crippen LogP contribution in [0, 0.1) is 19.7 Å². The molecule has 1 amide bonds. The molecule has 1 heterocycles. The van der Waals surface area contributed by atoms with Gasteiger partial charge in [0.05, 0.1) is 0 Å². The Morgan fingerprint density at radius 3 is 2.76 bits per heavy atom. The minimum Gasteiger partial charge on any atom is -0.445 e. The number of hydrogen-bond acceptors (Lipinski definition) is 3. The van der Waals surface area contributed by atoms with E-state index in [0.717, 1.165) is 12.8 Å². The van der Waals surface area contributed by atoms with Gasteiger partial charge in [0.2, 0.25) is 0 Å². The van der Waals surface area contributed by atoms with Crippen LogP contribution in [0.15, 0.2) is 22.6 Å². The average Bonchev–Trinajstić information content (AvgIpc) is 2.73. The van der Waals surface area contributed by atoms with Crippen molar-refractivity contribution in [3.63, 3.8) is 0 Å². The van der Waals surface area contributed by atoms with Gasteiger partial charge in [0.1, 0.15) is 11.6 Å². The number of benzene rings is 1. The number of aryl methyl sites for hydroxylation is 2. The van der Waals surface area contributed by atoms with Gasteiger partial charge in [-0.2, -0.15) is 0 Å². The summed E-state index contributed by atoms with van der Waals surface area (Å²) < 4.78 is 19.1. The summed E-state index contributed by atoms with van der Waals surface area (Å²) in [5.74, 6) is 0.757. The van der Waals surface area contributed by atoms with Crippen LogP contribution in [0.4, 0.5) is 10.1 Å². The first-order valence-corrected chi connectivity index (χ1v) is 7.09. The van der Waals surface area contributed by atoms with Crippen molar-refractivity contribution in [1.82, 2.24) is 4.98 Å². The number of oxazole rings is 1. The van der Waals surface area contributed by atoms with Gasteiger partial charge in [-0.3, -0.25) is 4.79 Å². The van der Waals surface area contributed by atoms with E-state index in [0.29, 0.717) is 28.8 Å². The summed E-state index contributed by atoms with van der Waals surface area (Å²) >= 11 is 0. The fourth-order valence-corrected chi connectivity index (χ4v) is 2.32. The average molecular weight is 288 g/mol. The van der Waals surface area contributed by atoms with E-state index in [1.807, 2.05) is 0 Å². The van der Waals surface area contributed by atoms with Crippen molar-refractivity contribution in [2.45, 2.75) is 39.0 Å².